The predicted octanol–water partition coefficient (Wildman–Crippen LogP) is 2.30. The molecule has 0 spiro atoms. The Morgan fingerprint density at radius 2 is 2.24 bits per heavy atom. The van der Waals surface area contributed by atoms with E-state index >= 15 is 0 Å². The van der Waals surface area contributed by atoms with E-state index in [9.17, 15) is 4.79 Å². The zero-order valence-corrected chi connectivity index (χ0v) is 13.2. The molecule has 0 aromatic heterocycles. The van der Waals surface area contributed by atoms with Gasteiger partial charge in [-0.15, -0.1) is 0 Å². The highest BCUT2D eigenvalue weighted by Gasteiger charge is 2.27. The van der Waals surface area contributed by atoms with Crippen molar-refractivity contribution in [3.05, 3.63) is 35.4 Å². The number of carbonyl (C=O) groups excluding carboxylic acids is 1. The number of aliphatic hydroxyl groups is 1. The van der Waals surface area contributed by atoms with Crippen LogP contribution in [0.25, 0.3) is 0 Å². The van der Waals surface area contributed by atoms with Crippen LogP contribution in [-0.2, 0) is 5.41 Å². The van der Waals surface area contributed by atoms with Gasteiger partial charge in [0.25, 0.3) is 0 Å². The van der Waals surface area contributed by atoms with Crippen LogP contribution in [0.4, 0.5) is 4.79 Å². The molecule has 1 fully saturated rings. The number of carbonyl (C=O) groups is 1. The van der Waals surface area contributed by atoms with Crippen LogP contribution < -0.4 is 5.32 Å². The summed E-state index contributed by atoms with van der Waals surface area (Å²) in [7, 11) is 0. The summed E-state index contributed by atoms with van der Waals surface area (Å²) in [5, 5.41) is 12.2. The van der Waals surface area contributed by atoms with E-state index in [1.165, 1.54) is 11.1 Å². The summed E-state index contributed by atoms with van der Waals surface area (Å²) in [5.74, 6) is 0.237. The van der Waals surface area contributed by atoms with Crippen LogP contribution >= 0.6 is 0 Å². The maximum absolute atomic E-state index is 12.2. The third kappa shape index (κ3) is 3.97. The lowest BCUT2D eigenvalue weighted by molar-refractivity contribution is 0.196. The van der Waals surface area contributed by atoms with Crippen LogP contribution in [0.3, 0.4) is 0 Å². The maximum Gasteiger partial charge on any atom is 0.317 e. The van der Waals surface area contributed by atoms with Crippen molar-refractivity contribution in [3.63, 3.8) is 0 Å². The highest BCUT2D eigenvalue weighted by atomic mass is 16.3. The van der Waals surface area contributed by atoms with E-state index in [1.807, 2.05) is 0 Å². The molecule has 2 N–H and O–H groups in total. The van der Waals surface area contributed by atoms with Gasteiger partial charge in [-0.2, -0.15) is 0 Å². The zero-order chi connectivity index (χ0) is 15.5. The highest BCUT2D eigenvalue weighted by Crippen LogP contribution is 2.23. The van der Waals surface area contributed by atoms with E-state index in [-0.39, 0.29) is 24.0 Å². The number of urea groups is 1. The molecule has 4 nitrogen and oxygen atoms in total. The first-order valence-electron chi connectivity index (χ1n) is 7.63. The first-order chi connectivity index (χ1) is 9.92. The molecule has 4 heteroatoms. The zero-order valence-electron chi connectivity index (χ0n) is 13.2. The van der Waals surface area contributed by atoms with E-state index in [1.54, 1.807) is 4.90 Å². The summed E-state index contributed by atoms with van der Waals surface area (Å²) in [6.45, 7) is 8.53. The number of nitrogens with one attached hydrogen (secondary N) is 1. The predicted molar refractivity (Wildman–Crippen MR) is 84.4 cm³/mol. The van der Waals surface area contributed by atoms with Gasteiger partial charge in [-0.25, -0.2) is 4.79 Å². The van der Waals surface area contributed by atoms with Gasteiger partial charge < -0.3 is 15.3 Å². The lowest BCUT2D eigenvalue weighted by atomic mass is 9.84. The molecular formula is C17H26N2O2. The summed E-state index contributed by atoms with van der Waals surface area (Å²) in [6, 6.07) is 8.39. The number of nitrogens with zero attached hydrogens (tertiary/aromatic N) is 1. The molecule has 2 amide bonds. The Morgan fingerprint density at radius 3 is 2.86 bits per heavy atom. The van der Waals surface area contributed by atoms with Crippen molar-refractivity contribution >= 4 is 6.03 Å². The van der Waals surface area contributed by atoms with Crippen molar-refractivity contribution in [2.45, 2.75) is 32.6 Å². The Kier molecular flexibility index (Phi) is 4.88. The van der Waals surface area contributed by atoms with Gasteiger partial charge in [0.15, 0.2) is 0 Å². The molecule has 1 aliphatic heterocycles. The number of hydrogen-bond acceptors (Lipinski definition) is 2. The smallest absolute Gasteiger partial charge is 0.317 e. The molecule has 1 aromatic carbocycles. The summed E-state index contributed by atoms with van der Waals surface area (Å²) in [5.41, 5.74) is 2.37. The molecule has 1 heterocycles. The number of amides is 2. The van der Waals surface area contributed by atoms with Gasteiger partial charge in [0, 0.05) is 37.6 Å². The van der Waals surface area contributed by atoms with Crippen LogP contribution in [0, 0.1) is 12.8 Å². The average molecular weight is 290 g/mol. The van der Waals surface area contributed by atoms with Crippen molar-refractivity contribution in [1.29, 1.82) is 0 Å². The Labute approximate surface area is 127 Å². The molecule has 0 bridgehead atoms. The average Bonchev–Trinajstić information content (AvgIpc) is 2.94. The summed E-state index contributed by atoms with van der Waals surface area (Å²) >= 11 is 0. The highest BCUT2D eigenvalue weighted by molar-refractivity contribution is 5.74. The van der Waals surface area contributed by atoms with Crippen molar-refractivity contribution in [2.75, 3.05) is 26.2 Å². The van der Waals surface area contributed by atoms with Crippen LogP contribution in [-0.4, -0.2) is 42.3 Å². The molecule has 0 radical (unpaired) electrons. The second-order valence-electron chi connectivity index (χ2n) is 6.70. The summed E-state index contributed by atoms with van der Waals surface area (Å²) in [6.07, 6.45) is 0.894. The molecule has 1 saturated heterocycles. The molecular weight excluding hydrogens is 264 g/mol. The minimum atomic E-state index is -0.0994. The quantitative estimate of drug-likeness (QED) is 0.894. The van der Waals surface area contributed by atoms with Crippen molar-refractivity contribution < 1.29 is 9.90 Å². The molecule has 0 aliphatic carbocycles. The van der Waals surface area contributed by atoms with Gasteiger partial charge in [-0.1, -0.05) is 43.7 Å². The van der Waals surface area contributed by atoms with E-state index in [0.717, 1.165) is 13.0 Å². The molecule has 1 aliphatic rings. The number of aryl methyl sites for hydroxylation is 1. The molecule has 21 heavy (non-hydrogen) atoms. The number of aliphatic hydroxyl groups excluding tert-OH is 1. The first-order valence-corrected chi connectivity index (χ1v) is 7.63. The van der Waals surface area contributed by atoms with Gasteiger partial charge in [0.05, 0.1) is 0 Å². The largest absolute Gasteiger partial charge is 0.396 e. The van der Waals surface area contributed by atoms with Crippen molar-refractivity contribution in [2.24, 2.45) is 5.92 Å². The van der Waals surface area contributed by atoms with E-state index in [2.05, 4.69) is 50.4 Å². The molecule has 116 valence electrons. The Hall–Kier alpha value is -1.55. The normalized spacial score (nSPS) is 18.9. The maximum atomic E-state index is 12.2. The van der Waals surface area contributed by atoms with Gasteiger partial charge in [0.1, 0.15) is 0 Å². The van der Waals surface area contributed by atoms with Gasteiger partial charge >= 0.3 is 6.03 Å². The van der Waals surface area contributed by atoms with E-state index < -0.39 is 0 Å². The third-order valence-corrected chi connectivity index (χ3v) is 4.31. The minimum Gasteiger partial charge on any atom is -0.396 e. The monoisotopic (exact) mass is 290 g/mol. The number of hydrogen-bond donors (Lipinski definition) is 2. The van der Waals surface area contributed by atoms with Crippen LogP contribution in [0.1, 0.15) is 31.4 Å². The van der Waals surface area contributed by atoms with Crippen LogP contribution in [0.2, 0.25) is 0 Å². The number of rotatable bonds is 4. The lowest BCUT2D eigenvalue weighted by Crippen LogP contribution is -2.44. The SMILES string of the molecule is Cc1cccc(C(C)(C)CNC(=O)N2CCC(CO)C2)c1. The molecule has 1 unspecified atom stereocenters. The standard InChI is InChI=1S/C17H26N2O2/c1-13-5-4-6-15(9-13)17(2,3)12-18-16(21)19-8-7-14(10-19)11-20/h4-6,9,14,20H,7-8,10-12H2,1-3H3,(H,18,21). The van der Waals surface area contributed by atoms with Gasteiger partial charge in [0.2, 0.25) is 0 Å². The number of likely N-dealkylation sites (tertiary alicyclic amines) is 1. The second kappa shape index (κ2) is 6.48. The van der Waals surface area contributed by atoms with Gasteiger partial charge in [-0.3, -0.25) is 0 Å². The number of benzene rings is 1. The Balaban J connectivity index is 1.91. The summed E-state index contributed by atoms with van der Waals surface area (Å²) in [4.78, 5) is 14.0. The van der Waals surface area contributed by atoms with Crippen LogP contribution in [0.5, 0.6) is 0 Å². The minimum absolute atomic E-state index is 0.0216. The fourth-order valence-electron chi connectivity index (χ4n) is 2.74. The Bertz CT molecular complexity index is 499. The lowest BCUT2D eigenvalue weighted by Gasteiger charge is -2.27. The van der Waals surface area contributed by atoms with Crippen molar-refractivity contribution in [3.8, 4) is 0 Å². The molecule has 2 rings (SSSR count). The molecule has 1 atom stereocenters. The van der Waals surface area contributed by atoms with Crippen molar-refractivity contribution in [1.82, 2.24) is 10.2 Å². The van der Waals surface area contributed by atoms with Crippen LogP contribution in [0.15, 0.2) is 24.3 Å². The second-order valence-corrected chi connectivity index (χ2v) is 6.70. The van der Waals surface area contributed by atoms with E-state index in [0.29, 0.717) is 13.1 Å². The third-order valence-electron chi connectivity index (χ3n) is 4.31. The molecule has 1 aromatic rings. The first kappa shape index (κ1) is 15.8. The molecule has 0 saturated carbocycles. The fraction of sp³-hybridized carbons (Fsp3) is 0.588. The summed E-state index contributed by atoms with van der Waals surface area (Å²) < 4.78 is 0. The fourth-order valence-corrected chi connectivity index (χ4v) is 2.74. The van der Waals surface area contributed by atoms with Gasteiger partial charge in [-0.05, 0) is 18.9 Å². The Morgan fingerprint density at radius 1 is 1.48 bits per heavy atom. The topological polar surface area (TPSA) is 52.6 Å². The van der Waals surface area contributed by atoms with E-state index in [4.69, 9.17) is 5.11 Å².